The monoisotopic (exact) mass is 652 g/mol. The molecule has 0 bridgehead atoms. The molecule has 3 heteroatoms. The molecule has 1 aromatic heterocycles. The van der Waals surface area contributed by atoms with Crippen molar-refractivity contribution in [2.45, 2.75) is 69.7 Å². The summed E-state index contributed by atoms with van der Waals surface area (Å²) in [7, 11) is 0. The minimum Gasteiger partial charge on any atom is -0.339 e. The lowest BCUT2D eigenvalue weighted by Gasteiger charge is -2.32. The van der Waals surface area contributed by atoms with E-state index in [-0.39, 0.29) is 16.9 Å². The molecule has 4 aromatic carbocycles. The Morgan fingerprint density at radius 1 is 0.796 bits per heavy atom. The van der Waals surface area contributed by atoms with Crippen molar-refractivity contribution >= 4 is 38.5 Å². The number of hydrogen-bond donors (Lipinski definition) is 1. The minimum absolute atomic E-state index is 0.0421. The highest BCUT2D eigenvalue weighted by Gasteiger charge is 2.49. The number of amidine groups is 1. The molecule has 5 aliphatic rings. The maximum Gasteiger partial charge on any atom is 0.133 e. The first-order valence-electron chi connectivity index (χ1n) is 17.8. The number of nitrogens with zero attached hydrogens (tertiary/aromatic N) is 1. The summed E-state index contributed by atoms with van der Waals surface area (Å²) in [6.07, 6.45) is 12.6. The molecule has 1 aliphatic heterocycles. The van der Waals surface area contributed by atoms with Gasteiger partial charge in [0.25, 0.3) is 0 Å². The van der Waals surface area contributed by atoms with Crippen LogP contribution in [-0.4, -0.2) is 5.84 Å². The largest absolute Gasteiger partial charge is 0.339 e. The number of thiophene rings is 1. The standard InChI is InChI=1S/C46H40N2S/c1-45(2)36-19-10-8-15-31(36)34-25-38-35(26-37(34)45)32-18-12-17-30(40(32)46(38,3)4)27-21-23-28(24-22-27)41-43-42(33-16-9-11-20-39(33)49-43)48-44(47-41)29-13-6-5-7-14-29/h6,8-25,35,41H,5,7,26H2,1-4H3,(H,47,48). The first-order chi connectivity index (χ1) is 23.8. The van der Waals surface area contributed by atoms with Crippen molar-refractivity contribution in [1.29, 1.82) is 0 Å². The summed E-state index contributed by atoms with van der Waals surface area (Å²) in [6, 6.07) is 34.2. The zero-order chi connectivity index (χ0) is 33.1. The van der Waals surface area contributed by atoms with Crippen LogP contribution in [0.25, 0.3) is 26.8 Å². The van der Waals surface area contributed by atoms with Crippen molar-refractivity contribution in [3.63, 3.8) is 0 Å². The summed E-state index contributed by atoms with van der Waals surface area (Å²) in [4.78, 5) is 6.68. The molecule has 0 fully saturated rings. The third kappa shape index (κ3) is 4.15. The number of fused-ring (bicyclic) bond motifs is 8. The summed E-state index contributed by atoms with van der Waals surface area (Å²) in [6.45, 7) is 9.75. The van der Waals surface area contributed by atoms with E-state index in [1.54, 1.807) is 11.1 Å². The molecule has 2 nitrogen and oxygen atoms in total. The molecule has 0 saturated carbocycles. The Morgan fingerprint density at radius 3 is 2.43 bits per heavy atom. The topological polar surface area (TPSA) is 24.4 Å². The summed E-state index contributed by atoms with van der Waals surface area (Å²) in [5.74, 6) is 1.40. The lowest BCUT2D eigenvalue weighted by Crippen LogP contribution is -2.22. The van der Waals surface area contributed by atoms with Crippen LogP contribution in [0.1, 0.15) is 91.6 Å². The van der Waals surface area contributed by atoms with E-state index in [1.165, 1.54) is 70.7 Å². The number of rotatable bonds is 3. The van der Waals surface area contributed by atoms with Gasteiger partial charge < -0.3 is 5.32 Å². The number of anilines is 1. The molecule has 49 heavy (non-hydrogen) atoms. The molecule has 0 saturated heterocycles. The molecule has 1 N–H and O–H groups in total. The van der Waals surface area contributed by atoms with E-state index in [0.717, 1.165) is 25.1 Å². The maximum atomic E-state index is 5.38. The van der Waals surface area contributed by atoms with Crippen LogP contribution in [0, 0.1) is 0 Å². The molecule has 0 radical (unpaired) electrons. The van der Waals surface area contributed by atoms with Gasteiger partial charge in [0.2, 0.25) is 0 Å². The van der Waals surface area contributed by atoms with Gasteiger partial charge in [0, 0.05) is 32.4 Å². The zero-order valence-corrected chi connectivity index (χ0v) is 29.4. The molecule has 2 heterocycles. The Labute approximate surface area is 293 Å². The average molecular weight is 653 g/mol. The van der Waals surface area contributed by atoms with Crippen molar-refractivity contribution in [3.8, 4) is 11.1 Å². The molecule has 0 amide bonds. The van der Waals surface area contributed by atoms with Crippen LogP contribution < -0.4 is 5.32 Å². The van der Waals surface area contributed by atoms with Gasteiger partial charge in [-0.25, -0.2) is 0 Å². The quantitative estimate of drug-likeness (QED) is 0.206. The predicted octanol–water partition coefficient (Wildman–Crippen LogP) is 12.2. The van der Waals surface area contributed by atoms with Gasteiger partial charge in [-0.05, 0) is 69.8 Å². The molecule has 2 atom stereocenters. The van der Waals surface area contributed by atoms with Gasteiger partial charge in [0.1, 0.15) is 11.9 Å². The molecule has 5 aromatic rings. The van der Waals surface area contributed by atoms with Crippen LogP contribution in [0.3, 0.4) is 0 Å². The summed E-state index contributed by atoms with van der Waals surface area (Å²) in [5.41, 5.74) is 16.8. The Hall–Kier alpha value is -4.73. The van der Waals surface area contributed by atoms with Crippen molar-refractivity contribution in [3.05, 3.63) is 165 Å². The summed E-state index contributed by atoms with van der Waals surface area (Å²) in [5, 5.41) is 5.03. The lowest BCUT2D eigenvalue weighted by atomic mass is 9.71. The van der Waals surface area contributed by atoms with Gasteiger partial charge >= 0.3 is 0 Å². The summed E-state index contributed by atoms with van der Waals surface area (Å²) >= 11 is 1.86. The molecule has 2 unspecified atom stereocenters. The molecular formula is C46H40N2S. The van der Waals surface area contributed by atoms with Crippen LogP contribution in [0.15, 0.2) is 137 Å². The van der Waals surface area contributed by atoms with E-state index in [0.29, 0.717) is 5.92 Å². The second-order valence-corrected chi connectivity index (χ2v) is 16.5. The van der Waals surface area contributed by atoms with Crippen LogP contribution >= 0.6 is 11.3 Å². The highest BCUT2D eigenvalue weighted by atomic mass is 32.1. The first kappa shape index (κ1) is 29.2. The van der Waals surface area contributed by atoms with E-state index in [1.807, 2.05) is 11.3 Å². The molecule has 0 spiro atoms. The molecule has 4 aliphatic carbocycles. The number of allylic oxidation sites excluding steroid dienone is 6. The van der Waals surface area contributed by atoms with E-state index in [9.17, 15) is 0 Å². The zero-order valence-electron chi connectivity index (χ0n) is 28.6. The van der Waals surface area contributed by atoms with E-state index >= 15 is 0 Å². The van der Waals surface area contributed by atoms with Crippen molar-refractivity contribution in [2.24, 2.45) is 4.99 Å². The van der Waals surface area contributed by atoms with Crippen LogP contribution in [0.4, 0.5) is 5.69 Å². The van der Waals surface area contributed by atoms with E-state index in [2.05, 4.69) is 148 Å². The van der Waals surface area contributed by atoms with Crippen molar-refractivity contribution in [1.82, 2.24) is 0 Å². The van der Waals surface area contributed by atoms with Gasteiger partial charge in [-0.1, -0.05) is 148 Å². The molecular weight excluding hydrogens is 613 g/mol. The first-order valence-corrected chi connectivity index (χ1v) is 18.6. The third-order valence-corrected chi connectivity index (χ3v) is 13.3. The maximum absolute atomic E-state index is 5.38. The SMILES string of the molecule is CC1(C)C2=C(C=C3C(C2)c2cccc(-c4ccc(C5N=C(C6=CCCC=C6)Nc6c5sc5ccccc65)cc4)c2C3(C)C)c2ccccc21. The highest BCUT2D eigenvalue weighted by Crippen LogP contribution is 2.62. The number of aliphatic imine (C=N–C) groups is 1. The van der Waals surface area contributed by atoms with Gasteiger partial charge in [0.15, 0.2) is 0 Å². The van der Waals surface area contributed by atoms with Crippen LogP contribution in [0.2, 0.25) is 0 Å². The Kier molecular flexibility index (Phi) is 6.19. The average Bonchev–Trinajstić information content (AvgIpc) is 3.71. The minimum atomic E-state index is -0.0586. The molecule has 240 valence electrons. The summed E-state index contributed by atoms with van der Waals surface area (Å²) < 4.78 is 1.30. The number of nitrogens with one attached hydrogen (secondary N) is 1. The van der Waals surface area contributed by atoms with Crippen molar-refractivity contribution < 1.29 is 0 Å². The van der Waals surface area contributed by atoms with E-state index in [4.69, 9.17) is 4.99 Å². The normalized spacial score (nSPS) is 22.3. The predicted molar refractivity (Wildman–Crippen MR) is 208 cm³/mol. The van der Waals surface area contributed by atoms with Gasteiger partial charge in [-0.3, -0.25) is 4.99 Å². The van der Waals surface area contributed by atoms with Crippen LogP contribution in [-0.2, 0) is 10.8 Å². The Morgan fingerprint density at radius 2 is 1.59 bits per heavy atom. The highest BCUT2D eigenvalue weighted by molar-refractivity contribution is 7.20. The van der Waals surface area contributed by atoms with Gasteiger partial charge in [-0.15, -0.1) is 11.3 Å². The Balaban J connectivity index is 1.05. The Bertz CT molecular complexity index is 2390. The number of hydrogen-bond acceptors (Lipinski definition) is 3. The van der Waals surface area contributed by atoms with E-state index < -0.39 is 0 Å². The smallest absolute Gasteiger partial charge is 0.133 e. The number of benzene rings is 4. The lowest BCUT2D eigenvalue weighted by molar-refractivity contribution is 0.561. The second-order valence-electron chi connectivity index (χ2n) is 15.4. The van der Waals surface area contributed by atoms with Gasteiger partial charge in [0.05, 0.1) is 10.6 Å². The van der Waals surface area contributed by atoms with Crippen LogP contribution in [0.5, 0.6) is 0 Å². The third-order valence-electron chi connectivity index (χ3n) is 12.1. The fourth-order valence-electron chi connectivity index (χ4n) is 9.59. The van der Waals surface area contributed by atoms with Crippen molar-refractivity contribution in [2.75, 3.05) is 5.32 Å². The fourth-order valence-corrected chi connectivity index (χ4v) is 10.8. The second kappa shape index (κ2) is 10.4. The fraction of sp³-hybridized carbons (Fsp3) is 0.239. The molecule has 10 rings (SSSR count). The van der Waals surface area contributed by atoms with Gasteiger partial charge in [-0.2, -0.15) is 0 Å².